The Hall–Kier alpha value is -2.28. The monoisotopic (exact) mass is 307 g/mol. The summed E-state index contributed by atoms with van der Waals surface area (Å²) >= 11 is 0. The van der Waals surface area contributed by atoms with Gasteiger partial charge in [-0.15, -0.1) is 0 Å². The number of aliphatic carboxylic acids is 1. The van der Waals surface area contributed by atoms with Crippen LogP contribution in [0.1, 0.15) is 16.8 Å². The first-order valence-electron chi connectivity index (χ1n) is 7.16. The molecule has 7 heteroatoms. The van der Waals surface area contributed by atoms with E-state index in [1.54, 1.807) is 23.1 Å². The lowest BCUT2D eigenvalue weighted by Crippen LogP contribution is -2.49. The fraction of sp³-hybridized carbons (Fsp3) is 0.467. The van der Waals surface area contributed by atoms with E-state index in [1.807, 2.05) is 0 Å². The molecule has 2 aliphatic heterocycles. The maximum absolute atomic E-state index is 12.8. The summed E-state index contributed by atoms with van der Waals surface area (Å²) in [6, 6.07) is 4.68. The maximum Gasteiger partial charge on any atom is 0.305 e. The first kappa shape index (κ1) is 14.6. The Balaban J connectivity index is 1.87. The van der Waals surface area contributed by atoms with E-state index in [-0.39, 0.29) is 18.9 Å². The van der Waals surface area contributed by atoms with Crippen LogP contribution in [0.2, 0.25) is 0 Å². The van der Waals surface area contributed by atoms with Crippen molar-refractivity contribution in [2.45, 2.75) is 12.5 Å². The zero-order chi connectivity index (χ0) is 15.5. The summed E-state index contributed by atoms with van der Waals surface area (Å²) in [7, 11) is 0. The number of morpholine rings is 1. The maximum atomic E-state index is 12.8. The summed E-state index contributed by atoms with van der Waals surface area (Å²) in [4.78, 5) is 25.3. The molecule has 0 saturated carbocycles. The van der Waals surface area contributed by atoms with Gasteiger partial charge in [-0.1, -0.05) is 6.07 Å². The average molecular weight is 307 g/mol. The number of rotatable bonds is 3. The summed E-state index contributed by atoms with van der Waals surface area (Å²) < 4.78 is 16.3. The van der Waals surface area contributed by atoms with Crippen molar-refractivity contribution in [3.05, 3.63) is 23.8 Å². The topological polar surface area (TPSA) is 85.3 Å². The second-order valence-electron chi connectivity index (χ2n) is 5.15. The van der Waals surface area contributed by atoms with Crippen molar-refractivity contribution in [2.24, 2.45) is 0 Å². The lowest BCUT2D eigenvalue weighted by molar-refractivity contribution is -0.139. The molecule has 0 bridgehead atoms. The molecular weight excluding hydrogens is 290 g/mol. The first-order valence-corrected chi connectivity index (χ1v) is 7.16. The predicted molar refractivity (Wildman–Crippen MR) is 75.3 cm³/mol. The van der Waals surface area contributed by atoms with Gasteiger partial charge in [-0.05, 0) is 12.1 Å². The largest absolute Gasteiger partial charge is 0.486 e. The van der Waals surface area contributed by atoms with Crippen LogP contribution in [-0.2, 0) is 9.53 Å². The standard InChI is InChI=1S/C15H17NO6/c17-13(18)8-10-9-20-5-4-16(10)15(19)11-2-1-3-12-14(11)22-7-6-21-12/h1-3,10H,4-9H2,(H,17,18). The van der Waals surface area contributed by atoms with Crippen molar-refractivity contribution in [1.29, 1.82) is 0 Å². The number of carboxylic acids is 1. The molecule has 1 aromatic rings. The van der Waals surface area contributed by atoms with Crippen molar-refractivity contribution >= 4 is 11.9 Å². The predicted octanol–water partition coefficient (Wildman–Crippen LogP) is 0.773. The van der Waals surface area contributed by atoms with Crippen molar-refractivity contribution < 1.29 is 28.9 Å². The van der Waals surface area contributed by atoms with E-state index < -0.39 is 12.0 Å². The molecule has 1 fully saturated rings. The molecule has 1 saturated heterocycles. The average Bonchev–Trinajstić information content (AvgIpc) is 2.54. The third kappa shape index (κ3) is 2.85. The van der Waals surface area contributed by atoms with Gasteiger partial charge in [0.05, 0.1) is 31.2 Å². The van der Waals surface area contributed by atoms with Crippen LogP contribution >= 0.6 is 0 Å². The summed E-state index contributed by atoms with van der Waals surface area (Å²) in [5.41, 5.74) is 0.398. The van der Waals surface area contributed by atoms with E-state index in [0.29, 0.717) is 43.4 Å². The van der Waals surface area contributed by atoms with E-state index >= 15 is 0 Å². The highest BCUT2D eigenvalue weighted by Gasteiger charge is 2.32. The van der Waals surface area contributed by atoms with E-state index in [4.69, 9.17) is 19.3 Å². The van der Waals surface area contributed by atoms with Gasteiger partial charge < -0.3 is 24.2 Å². The molecule has 1 amide bonds. The van der Waals surface area contributed by atoms with Crippen LogP contribution in [-0.4, -0.2) is 60.9 Å². The third-order valence-electron chi connectivity index (χ3n) is 3.70. The summed E-state index contributed by atoms with van der Waals surface area (Å²) in [6.45, 7) is 1.82. The molecule has 118 valence electrons. The number of hydrogen-bond donors (Lipinski definition) is 1. The third-order valence-corrected chi connectivity index (χ3v) is 3.70. The summed E-state index contributed by atoms with van der Waals surface area (Å²) in [6.07, 6.45) is -0.141. The van der Waals surface area contributed by atoms with E-state index in [0.717, 1.165) is 0 Å². The number of amides is 1. The molecule has 0 aromatic heterocycles. The molecule has 22 heavy (non-hydrogen) atoms. The molecule has 0 spiro atoms. The highest BCUT2D eigenvalue weighted by atomic mass is 16.6. The van der Waals surface area contributed by atoms with Crippen LogP contribution < -0.4 is 9.47 Å². The zero-order valence-corrected chi connectivity index (χ0v) is 12.0. The van der Waals surface area contributed by atoms with Gasteiger partial charge in [-0.25, -0.2) is 0 Å². The Labute approximate surface area is 127 Å². The van der Waals surface area contributed by atoms with Crippen LogP contribution in [0.25, 0.3) is 0 Å². The van der Waals surface area contributed by atoms with Gasteiger partial charge in [-0.3, -0.25) is 9.59 Å². The smallest absolute Gasteiger partial charge is 0.305 e. The fourth-order valence-corrected chi connectivity index (χ4v) is 2.69. The van der Waals surface area contributed by atoms with Gasteiger partial charge >= 0.3 is 5.97 Å². The number of fused-ring (bicyclic) bond motifs is 1. The van der Waals surface area contributed by atoms with Crippen LogP contribution in [0.3, 0.4) is 0 Å². The van der Waals surface area contributed by atoms with Gasteiger partial charge in [-0.2, -0.15) is 0 Å². The number of nitrogens with zero attached hydrogens (tertiary/aromatic N) is 1. The Bertz CT molecular complexity index is 587. The quantitative estimate of drug-likeness (QED) is 0.888. The van der Waals surface area contributed by atoms with Crippen LogP contribution in [0, 0.1) is 0 Å². The van der Waals surface area contributed by atoms with E-state index in [2.05, 4.69) is 0 Å². The SMILES string of the molecule is O=C(O)CC1COCCN1C(=O)c1cccc2c1OCCO2. The molecule has 7 nitrogen and oxygen atoms in total. The number of para-hydroxylation sites is 1. The number of hydrogen-bond acceptors (Lipinski definition) is 5. The van der Waals surface area contributed by atoms with Gasteiger partial charge in [0.25, 0.3) is 5.91 Å². The summed E-state index contributed by atoms with van der Waals surface area (Å²) in [5, 5.41) is 8.99. The highest BCUT2D eigenvalue weighted by molar-refractivity contribution is 5.98. The van der Waals surface area contributed by atoms with Crippen molar-refractivity contribution in [1.82, 2.24) is 4.90 Å². The first-order chi connectivity index (χ1) is 10.7. The minimum Gasteiger partial charge on any atom is -0.486 e. The normalized spacial score (nSPS) is 20.5. The van der Waals surface area contributed by atoms with Gasteiger partial charge in [0.15, 0.2) is 11.5 Å². The Kier molecular flexibility index (Phi) is 4.15. The molecule has 1 unspecified atom stereocenters. The zero-order valence-electron chi connectivity index (χ0n) is 12.0. The molecule has 3 rings (SSSR count). The fourth-order valence-electron chi connectivity index (χ4n) is 2.69. The molecule has 0 radical (unpaired) electrons. The molecule has 1 aromatic carbocycles. The number of carbonyl (C=O) groups is 2. The van der Waals surface area contributed by atoms with Crippen LogP contribution in [0.15, 0.2) is 18.2 Å². The van der Waals surface area contributed by atoms with Crippen molar-refractivity contribution in [2.75, 3.05) is 33.0 Å². The Morgan fingerprint density at radius 3 is 2.86 bits per heavy atom. The van der Waals surface area contributed by atoms with E-state index in [9.17, 15) is 9.59 Å². The second-order valence-corrected chi connectivity index (χ2v) is 5.15. The molecule has 2 aliphatic rings. The molecule has 1 N–H and O–H groups in total. The Morgan fingerprint density at radius 1 is 1.23 bits per heavy atom. The lowest BCUT2D eigenvalue weighted by Gasteiger charge is -2.35. The highest BCUT2D eigenvalue weighted by Crippen LogP contribution is 2.34. The van der Waals surface area contributed by atoms with Crippen LogP contribution in [0.4, 0.5) is 0 Å². The molecule has 0 aliphatic carbocycles. The molecular formula is C15H17NO6. The van der Waals surface area contributed by atoms with Crippen LogP contribution in [0.5, 0.6) is 11.5 Å². The minimum absolute atomic E-state index is 0.141. The number of benzene rings is 1. The molecule has 2 heterocycles. The lowest BCUT2D eigenvalue weighted by atomic mass is 10.1. The van der Waals surface area contributed by atoms with Crippen molar-refractivity contribution in [3.8, 4) is 11.5 Å². The number of carbonyl (C=O) groups excluding carboxylic acids is 1. The molecule has 1 atom stereocenters. The minimum atomic E-state index is -0.956. The van der Waals surface area contributed by atoms with E-state index in [1.165, 1.54) is 0 Å². The van der Waals surface area contributed by atoms with Gasteiger partial charge in [0.2, 0.25) is 0 Å². The Morgan fingerprint density at radius 2 is 2.05 bits per heavy atom. The van der Waals surface area contributed by atoms with Gasteiger partial charge in [0.1, 0.15) is 13.2 Å². The number of ether oxygens (including phenoxy) is 3. The van der Waals surface area contributed by atoms with Crippen molar-refractivity contribution in [3.63, 3.8) is 0 Å². The summed E-state index contributed by atoms with van der Waals surface area (Å²) in [5.74, 6) is -0.237. The number of carboxylic acid groups (broad SMARTS) is 1. The second kappa shape index (κ2) is 6.23. The van der Waals surface area contributed by atoms with Gasteiger partial charge in [0, 0.05) is 6.54 Å².